The number of pyridine rings is 1. The van der Waals surface area contributed by atoms with Gasteiger partial charge < -0.3 is 14.7 Å². The molecule has 1 N–H and O–H groups in total. The summed E-state index contributed by atoms with van der Waals surface area (Å²) in [6.45, 7) is 4.13. The van der Waals surface area contributed by atoms with Crippen LogP contribution in [0.25, 0.3) is 0 Å². The molecule has 2 heterocycles. The van der Waals surface area contributed by atoms with Crippen LogP contribution in [0.5, 0.6) is 0 Å². The number of carbonyl (C=O) groups excluding carboxylic acids is 1. The van der Waals surface area contributed by atoms with Crippen molar-refractivity contribution in [1.82, 2.24) is 4.98 Å². The molecule has 1 atom stereocenters. The molecule has 1 saturated heterocycles. The topological polar surface area (TPSA) is 62.7 Å². The molecule has 0 bridgehead atoms. The Balaban J connectivity index is 2.03. The maximum Gasteiger partial charge on any atom is 0.339 e. The standard InChI is InChI=1S/C14H20N2O3/c1-2-19-14(18)12-5-6-13(15-8-12)16-7-3-4-11(9-16)10-17/h5-6,8,11,17H,2-4,7,9-10H2,1H3/t11-/m0/s1. The average molecular weight is 264 g/mol. The molecule has 5 nitrogen and oxygen atoms in total. The van der Waals surface area contributed by atoms with E-state index in [4.69, 9.17) is 4.74 Å². The van der Waals surface area contributed by atoms with Gasteiger partial charge in [-0.3, -0.25) is 0 Å². The molecular weight excluding hydrogens is 244 g/mol. The average Bonchev–Trinajstić information content (AvgIpc) is 2.48. The van der Waals surface area contributed by atoms with Crippen LogP contribution in [0.15, 0.2) is 18.3 Å². The van der Waals surface area contributed by atoms with E-state index in [1.165, 1.54) is 0 Å². The summed E-state index contributed by atoms with van der Waals surface area (Å²) in [5.74, 6) is 0.833. The first kappa shape index (κ1) is 13.8. The van der Waals surface area contributed by atoms with E-state index in [1.54, 1.807) is 19.2 Å². The first-order valence-corrected chi connectivity index (χ1v) is 6.73. The molecular formula is C14H20N2O3. The lowest BCUT2D eigenvalue weighted by Gasteiger charge is -2.32. The monoisotopic (exact) mass is 264 g/mol. The summed E-state index contributed by atoms with van der Waals surface area (Å²) < 4.78 is 4.92. The van der Waals surface area contributed by atoms with E-state index in [2.05, 4.69) is 9.88 Å². The molecule has 0 radical (unpaired) electrons. The third-order valence-corrected chi connectivity index (χ3v) is 3.36. The second-order valence-corrected chi connectivity index (χ2v) is 4.76. The zero-order chi connectivity index (χ0) is 13.7. The highest BCUT2D eigenvalue weighted by Gasteiger charge is 2.20. The number of aliphatic hydroxyl groups excluding tert-OH is 1. The van der Waals surface area contributed by atoms with Crippen LogP contribution in [0.4, 0.5) is 5.82 Å². The predicted octanol–water partition coefficient (Wildman–Crippen LogP) is 1.47. The molecule has 1 aromatic rings. The molecule has 0 amide bonds. The number of hydrogen-bond donors (Lipinski definition) is 1. The molecule has 0 aliphatic carbocycles. The Labute approximate surface area is 113 Å². The Morgan fingerprint density at radius 2 is 2.42 bits per heavy atom. The van der Waals surface area contributed by atoms with Crippen LogP contribution in [0.3, 0.4) is 0 Å². The van der Waals surface area contributed by atoms with Gasteiger partial charge in [-0.2, -0.15) is 0 Å². The lowest BCUT2D eigenvalue weighted by atomic mass is 9.99. The first-order chi connectivity index (χ1) is 9.24. The van der Waals surface area contributed by atoms with Crippen molar-refractivity contribution >= 4 is 11.8 Å². The number of ether oxygens (including phenoxy) is 1. The molecule has 1 aliphatic heterocycles. The van der Waals surface area contributed by atoms with E-state index in [9.17, 15) is 9.90 Å². The Morgan fingerprint density at radius 3 is 3.05 bits per heavy atom. The normalized spacial score (nSPS) is 19.3. The smallest absolute Gasteiger partial charge is 0.339 e. The van der Waals surface area contributed by atoms with Gasteiger partial charge in [0.2, 0.25) is 0 Å². The molecule has 1 fully saturated rings. The maximum absolute atomic E-state index is 11.5. The fourth-order valence-electron chi connectivity index (χ4n) is 2.33. The number of esters is 1. The molecule has 1 aromatic heterocycles. The molecule has 0 unspecified atom stereocenters. The summed E-state index contributed by atoms with van der Waals surface area (Å²) in [6, 6.07) is 3.58. The van der Waals surface area contributed by atoms with Crippen molar-refractivity contribution in [2.45, 2.75) is 19.8 Å². The van der Waals surface area contributed by atoms with Gasteiger partial charge in [-0.05, 0) is 37.8 Å². The molecule has 2 rings (SSSR count). The van der Waals surface area contributed by atoms with Gasteiger partial charge in [-0.25, -0.2) is 9.78 Å². The zero-order valence-electron chi connectivity index (χ0n) is 11.2. The number of hydrogen-bond acceptors (Lipinski definition) is 5. The number of aromatic nitrogens is 1. The molecule has 104 valence electrons. The predicted molar refractivity (Wildman–Crippen MR) is 72.2 cm³/mol. The van der Waals surface area contributed by atoms with Gasteiger partial charge in [-0.1, -0.05) is 0 Å². The molecule has 1 aliphatic rings. The number of rotatable bonds is 4. The number of aliphatic hydroxyl groups is 1. The minimum atomic E-state index is -0.339. The molecule has 0 saturated carbocycles. The fourth-order valence-corrected chi connectivity index (χ4v) is 2.33. The Bertz CT molecular complexity index is 419. The summed E-state index contributed by atoms with van der Waals surface area (Å²) in [6.07, 6.45) is 3.68. The van der Waals surface area contributed by atoms with Gasteiger partial charge >= 0.3 is 5.97 Å². The van der Waals surface area contributed by atoms with Gasteiger partial charge in [0.1, 0.15) is 5.82 Å². The van der Waals surface area contributed by atoms with E-state index in [-0.39, 0.29) is 12.6 Å². The Hall–Kier alpha value is -1.62. The molecule has 5 heteroatoms. The largest absolute Gasteiger partial charge is 0.462 e. The van der Waals surface area contributed by atoms with Gasteiger partial charge in [0, 0.05) is 25.9 Å². The second-order valence-electron chi connectivity index (χ2n) is 4.76. The maximum atomic E-state index is 11.5. The number of carbonyl (C=O) groups is 1. The van der Waals surface area contributed by atoms with Gasteiger partial charge in [0.05, 0.1) is 12.2 Å². The molecule has 0 spiro atoms. The van der Waals surface area contributed by atoms with Crippen molar-refractivity contribution in [1.29, 1.82) is 0 Å². The van der Waals surface area contributed by atoms with Crippen LogP contribution in [0.2, 0.25) is 0 Å². The minimum Gasteiger partial charge on any atom is -0.462 e. The van der Waals surface area contributed by atoms with Crippen LogP contribution in [0.1, 0.15) is 30.1 Å². The number of anilines is 1. The van der Waals surface area contributed by atoms with Crippen LogP contribution in [0, 0.1) is 5.92 Å². The first-order valence-electron chi connectivity index (χ1n) is 6.73. The number of nitrogens with zero attached hydrogens (tertiary/aromatic N) is 2. The summed E-state index contributed by atoms with van der Waals surface area (Å²) in [5, 5.41) is 9.22. The quantitative estimate of drug-likeness (QED) is 0.834. The van der Waals surface area contributed by atoms with Crippen molar-refractivity contribution in [3.05, 3.63) is 23.9 Å². The highest BCUT2D eigenvalue weighted by atomic mass is 16.5. The Morgan fingerprint density at radius 1 is 1.58 bits per heavy atom. The molecule has 19 heavy (non-hydrogen) atoms. The Kier molecular flexibility index (Phi) is 4.74. The van der Waals surface area contributed by atoms with Crippen LogP contribution in [-0.2, 0) is 4.74 Å². The van der Waals surface area contributed by atoms with Crippen molar-refractivity contribution in [3.8, 4) is 0 Å². The van der Waals surface area contributed by atoms with Gasteiger partial charge in [-0.15, -0.1) is 0 Å². The summed E-state index contributed by atoms with van der Waals surface area (Å²) in [4.78, 5) is 18.0. The highest BCUT2D eigenvalue weighted by molar-refractivity contribution is 5.89. The van der Waals surface area contributed by atoms with E-state index in [0.29, 0.717) is 18.1 Å². The lowest BCUT2D eigenvalue weighted by molar-refractivity contribution is 0.0526. The summed E-state index contributed by atoms with van der Waals surface area (Å²) >= 11 is 0. The van der Waals surface area contributed by atoms with Crippen molar-refractivity contribution in [3.63, 3.8) is 0 Å². The highest BCUT2D eigenvalue weighted by Crippen LogP contribution is 2.21. The summed E-state index contributed by atoms with van der Waals surface area (Å²) in [5.41, 5.74) is 0.473. The van der Waals surface area contributed by atoms with E-state index < -0.39 is 0 Å². The van der Waals surface area contributed by atoms with Crippen molar-refractivity contribution in [2.24, 2.45) is 5.92 Å². The lowest BCUT2D eigenvalue weighted by Crippen LogP contribution is -2.37. The minimum absolute atomic E-state index is 0.220. The van der Waals surface area contributed by atoms with E-state index >= 15 is 0 Å². The van der Waals surface area contributed by atoms with Crippen LogP contribution >= 0.6 is 0 Å². The van der Waals surface area contributed by atoms with E-state index in [1.807, 2.05) is 6.07 Å². The van der Waals surface area contributed by atoms with Crippen LogP contribution < -0.4 is 4.90 Å². The third kappa shape index (κ3) is 3.44. The summed E-state index contributed by atoms with van der Waals surface area (Å²) in [7, 11) is 0. The third-order valence-electron chi connectivity index (χ3n) is 3.36. The van der Waals surface area contributed by atoms with Gasteiger partial charge in [0.15, 0.2) is 0 Å². The van der Waals surface area contributed by atoms with Crippen LogP contribution in [-0.4, -0.2) is 42.4 Å². The second kappa shape index (κ2) is 6.52. The van der Waals surface area contributed by atoms with Crippen molar-refractivity contribution < 1.29 is 14.6 Å². The van der Waals surface area contributed by atoms with Gasteiger partial charge in [0.25, 0.3) is 0 Å². The number of piperidine rings is 1. The fraction of sp³-hybridized carbons (Fsp3) is 0.571. The van der Waals surface area contributed by atoms with Crippen molar-refractivity contribution in [2.75, 3.05) is 31.2 Å². The zero-order valence-corrected chi connectivity index (χ0v) is 11.2. The SMILES string of the molecule is CCOC(=O)c1ccc(N2CCC[C@H](CO)C2)nc1. The molecule has 0 aromatic carbocycles. The van der Waals surface area contributed by atoms with E-state index in [0.717, 1.165) is 31.7 Å².